The molecule has 110 valence electrons. The molecular formula is C15H21FN2O2. The van der Waals surface area contributed by atoms with Gasteiger partial charge >= 0.3 is 0 Å². The number of amides is 2. The lowest BCUT2D eigenvalue weighted by Gasteiger charge is -2.23. The lowest BCUT2D eigenvalue weighted by Crippen LogP contribution is -2.46. The average Bonchev–Trinajstić information content (AvgIpc) is 2.36. The third-order valence-electron chi connectivity index (χ3n) is 2.84. The number of halogens is 1. The summed E-state index contributed by atoms with van der Waals surface area (Å²) in [6.07, 6.45) is 0.540. The predicted molar refractivity (Wildman–Crippen MR) is 75.8 cm³/mol. The van der Waals surface area contributed by atoms with E-state index in [2.05, 4.69) is 5.32 Å². The SMILES string of the molecule is CC(C)C[C@H](NC(=O)c1cccc(F)c1)C(=O)N(C)C. The van der Waals surface area contributed by atoms with Crippen LogP contribution in [0.5, 0.6) is 0 Å². The Labute approximate surface area is 119 Å². The first kappa shape index (κ1) is 16.1. The van der Waals surface area contributed by atoms with Crippen LogP contribution < -0.4 is 5.32 Å². The summed E-state index contributed by atoms with van der Waals surface area (Å²) in [7, 11) is 3.29. The van der Waals surface area contributed by atoms with Gasteiger partial charge in [0.1, 0.15) is 11.9 Å². The number of carbonyl (C=O) groups excluding carboxylic acids is 2. The Morgan fingerprint density at radius 1 is 1.30 bits per heavy atom. The minimum atomic E-state index is -0.597. The Balaban J connectivity index is 2.84. The fraction of sp³-hybridized carbons (Fsp3) is 0.467. The molecule has 0 radical (unpaired) electrons. The van der Waals surface area contributed by atoms with E-state index in [1.807, 2.05) is 13.8 Å². The van der Waals surface area contributed by atoms with Crippen LogP contribution in [0.3, 0.4) is 0 Å². The normalized spacial score (nSPS) is 12.1. The van der Waals surface area contributed by atoms with E-state index in [4.69, 9.17) is 0 Å². The average molecular weight is 280 g/mol. The summed E-state index contributed by atoms with van der Waals surface area (Å²) >= 11 is 0. The van der Waals surface area contributed by atoms with Gasteiger partial charge in [-0.15, -0.1) is 0 Å². The minimum absolute atomic E-state index is 0.163. The van der Waals surface area contributed by atoms with Gasteiger partial charge in [0, 0.05) is 19.7 Å². The van der Waals surface area contributed by atoms with Crippen molar-refractivity contribution >= 4 is 11.8 Å². The summed E-state index contributed by atoms with van der Waals surface area (Å²) in [4.78, 5) is 25.6. The van der Waals surface area contributed by atoms with Crippen LogP contribution in [0, 0.1) is 11.7 Å². The van der Waals surface area contributed by atoms with Crippen molar-refractivity contribution in [2.75, 3.05) is 14.1 Å². The first-order valence-electron chi connectivity index (χ1n) is 6.59. The van der Waals surface area contributed by atoms with Crippen LogP contribution in [-0.4, -0.2) is 36.9 Å². The largest absolute Gasteiger partial charge is 0.347 e. The Bertz CT molecular complexity index is 487. The van der Waals surface area contributed by atoms with E-state index in [0.717, 1.165) is 6.07 Å². The second-order valence-corrected chi connectivity index (χ2v) is 5.40. The van der Waals surface area contributed by atoms with Crippen LogP contribution in [0.25, 0.3) is 0 Å². The molecule has 1 aromatic rings. The Hall–Kier alpha value is -1.91. The number of hydrogen-bond acceptors (Lipinski definition) is 2. The quantitative estimate of drug-likeness (QED) is 0.897. The summed E-state index contributed by atoms with van der Waals surface area (Å²) < 4.78 is 13.1. The zero-order valence-corrected chi connectivity index (χ0v) is 12.3. The van der Waals surface area contributed by atoms with Crippen LogP contribution in [0.4, 0.5) is 4.39 Å². The zero-order valence-electron chi connectivity index (χ0n) is 12.3. The van der Waals surface area contributed by atoms with Crippen molar-refractivity contribution in [2.45, 2.75) is 26.3 Å². The summed E-state index contributed by atoms with van der Waals surface area (Å²) in [6.45, 7) is 3.95. The minimum Gasteiger partial charge on any atom is -0.347 e. The zero-order chi connectivity index (χ0) is 15.3. The highest BCUT2D eigenvalue weighted by atomic mass is 19.1. The monoisotopic (exact) mass is 280 g/mol. The number of likely N-dealkylation sites (N-methyl/N-ethyl adjacent to an activating group) is 1. The van der Waals surface area contributed by atoms with E-state index in [-0.39, 0.29) is 17.4 Å². The van der Waals surface area contributed by atoms with Gasteiger partial charge in [-0.25, -0.2) is 4.39 Å². The van der Waals surface area contributed by atoms with E-state index >= 15 is 0 Å². The highest BCUT2D eigenvalue weighted by Gasteiger charge is 2.23. The topological polar surface area (TPSA) is 49.4 Å². The number of nitrogens with zero attached hydrogens (tertiary/aromatic N) is 1. The molecule has 0 unspecified atom stereocenters. The van der Waals surface area contributed by atoms with Crippen molar-refractivity contribution < 1.29 is 14.0 Å². The van der Waals surface area contributed by atoms with E-state index in [9.17, 15) is 14.0 Å². The smallest absolute Gasteiger partial charge is 0.252 e. The number of hydrogen-bond donors (Lipinski definition) is 1. The summed E-state index contributed by atoms with van der Waals surface area (Å²) in [5, 5.41) is 2.68. The van der Waals surface area contributed by atoms with E-state index < -0.39 is 17.8 Å². The molecule has 0 heterocycles. The van der Waals surface area contributed by atoms with Crippen LogP contribution in [0.2, 0.25) is 0 Å². The second kappa shape index (κ2) is 7.03. The van der Waals surface area contributed by atoms with Crippen LogP contribution in [0.15, 0.2) is 24.3 Å². The van der Waals surface area contributed by atoms with Crippen molar-refractivity contribution in [2.24, 2.45) is 5.92 Å². The molecule has 1 N–H and O–H groups in total. The maximum Gasteiger partial charge on any atom is 0.252 e. The lowest BCUT2D eigenvalue weighted by atomic mass is 10.0. The fourth-order valence-corrected chi connectivity index (χ4v) is 1.88. The summed E-state index contributed by atoms with van der Waals surface area (Å²) in [5.41, 5.74) is 0.213. The molecule has 1 rings (SSSR count). The third-order valence-corrected chi connectivity index (χ3v) is 2.84. The molecule has 1 aromatic carbocycles. The van der Waals surface area contributed by atoms with Crippen molar-refractivity contribution in [3.8, 4) is 0 Å². The molecule has 2 amide bonds. The van der Waals surface area contributed by atoms with Crippen LogP contribution >= 0.6 is 0 Å². The molecule has 20 heavy (non-hydrogen) atoms. The third kappa shape index (κ3) is 4.64. The van der Waals surface area contributed by atoms with Crippen molar-refractivity contribution in [1.82, 2.24) is 10.2 Å². The van der Waals surface area contributed by atoms with Crippen LogP contribution in [0.1, 0.15) is 30.6 Å². The molecule has 0 aliphatic rings. The van der Waals surface area contributed by atoms with Gasteiger partial charge in [-0.2, -0.15) is 0 Å². The second-order valence-electron chi connectivity index (χ2n) is 5.40. The lowest BCUT2D eigenvalue weighted by molar-refractivity contribution is -0.131. The van der Waals surface area contributed by atoms with Gasteiger partial charge in [0.15, 0.2) is 0 Å². The number of benzene rings is 1. The number of carbonyl (C=O) groups is 2. The van der Waals surface area contributed by atoms with Gasteiger partial charge in [-0.3, -0.25) is 9.59 Å². The molecule has 0 saturated heterocycles. The predicted octanol–water partition coefficient (Wildman–Crippen LogP) is 2.06. The fourth-order valence-electron chi connectivity index (χ4n) is 1.88. The van der Waals surface area contributed by atoms with Gasteiger partial charge in [-0.1, -0.05) is 19.9 Å². The Morgan fingerprint density at radius 2 is 1.95 bits per heavy atom. The molecule has 4 nitrogen and oxygen atoms in total. The van der Waals surface area contributed by atoms with Gasteiger partial charge in [0.05, 0.1) is 0 Å². The van der Waals surface area contributed by atoms with Gasteiger partial charge in [-0.05, 0) is 30.5 Å². The molecule has 0 fully saturated rings. The Morgan fingerprint density at radius 3 is 2.45 bits per heavy atom. The maximum absolute atomic E-state index is 13.1. The van der Waals surface area contributed by atoms with Crippen molar-refractivity contribution in [3.05, 3.63) is 35.6 Å². The van der Waals surface area contributed by atoms with Gasteiger partial charge in [0.2, 0.25) is 5.91 Å². The summed E-state index contributed by atoms with van der Waals surface area (Å²) in [6, 6.07) is 4.82. The first-order chi connectivity index (χ1) is 9.31. The molecule has 1 atom stereocenters. The van der Waals surface area contributed by atoms with Crippen molar-refractivity contribution in [3.63, 3.8) is 0 Å². The van der Waals surface area contributed by atoms with Gasteiger partial charge in [0.25, 0.3) is 5.91 Å². The highest BCUT2D eigenvalue weighted by molar-refractivity contribution is 5.97. The molecule has 5 heteroatoms. The maximum atomic E-state index is 13.1. The van der Waals surface area contributed by atoms with Crippen LogP contribution in [-0.2, 0) is 4.79 Å². The van der Waals surface area contributed by atoms with E-state index in [0.29, 0.717) is 6.42 Å². The molecule has 0 saturated carbocycles. The Kier molecular flexibility index (Phi) is 5.67. The van der Waals surface area contributed by atoms with Crippen molar-refractivity contribution in [1.29, 1.82) is 0 Å². The molecule has 0 aliphatic heterocycles. The van der Waals surface area contributed by atoms with Gasteiger partial charge < -0.3 is 10.2 Å². The first-order valence-corrected chi connectivity index (χ1v) is 6.59. The highest BCUT2D eigenvalue weighted by Crippen LogP contribution is 2.09. The number of nitrogens with one attached hydrogen (secondary N) is 1. The standard InChI is InChI=1S/C15H21FN2O2/c1-10(2)8-13(15(20)18(3)4)17-14(19)11-6-5-7-12(16)9-11/h5-7,9-10,13H,8H2,1-4H3,(H,17,19)/t13-/m0/s1. The summed E-state index contributed by atoms with van der Waals surface area (Å²) in [5.74, 6) is -0.817. The molecule has 0 aromatic heterocycles. The van der Waals surface area contributed by atoms with E-state index in [1.54, 1.807) is 14.1 Å². The molecule has 0 aliphatic carbocycles. The molecule has 0 bridgehead atoms. The van der Waals surface area contributed by atoms with E-state index in [1.165, 1.54) is 23.1 Å². The molecule has 0 spiro atoms. The number of rotatable bonds is 5. The molecular weight excluding hydrogens is 259 g/mol.